The zero-order chi connectivity index (χ0) is 12.4. The molecule has 2 aromatic rings. The van der Waals surface area contributed by atoms with Crippen molar-refractivity contribution >= 4 is 17.1 Å². The first-order valence-electron chi connectivity index (χ1n) is 5.63. The normalized spacial score (nSPS) is 12.8. The van der Waals surface area contributed by atoms with Gasteiger partial charge in [0.2, 0.25) is 0 Å². The van der Waals surface area contributed by atoms with Crippen molar-refractivity contribution in [1.82, 2.24) is 4.98 Å². The van der Waals surface area contributed by atoms with Gasteiger partial charge in [0.1, 0.15) is 5.52 Å². The molecule has 2 rings (SSSR count). The SMILES string of the molecule is Cc1cccc2oc(CC(C)CC(=O)O)nc12. The van der Waals surface area contributed by atoms with E-state index in [1.807, 2.05) is 32.0 Å². The maximum absolute atomic E-state index is 10.6. The Bertz CT molecular complexity index is 545. The number of oxazole rings is 1. The van der Waals surface area contributed by atoms with Crippen LogP contribution in [0.25, 0.3) is 11.1 Å². The fourth-order valence-electron chi connectivity index (χ4n) is 1.89. The van der Waals surface area contributed by atoms with Gasteiger partial charge < -0.3 is 9.52 Å². The number of aromatic nitrogens is 1. The third kappa shape index (κ3) is 2.64. The highest BCUT2D eigenvalue weighted by Gasteiger charge is 2.13. The van der Waals surface area contributed by atoms with Crippen LogP contribution in [0.3, 0.4) is 0 Å². The molecule has 1 N–H and O–H groups in total. The van der Waals surface area contributed by atoms with Gasteiger partial charge in [-0.25, -0.2) is 4.98 Å². The van der Waals surface area contributed by atoms with Gasteiger partial charge in [0.15, 0.2) is 11.5 Å². The molecule has 90 valence electrons. The first-order valence-corrected chi connectivity index (χ1v) is 5.63. The summed E-state index contributed by atoms with van der Waals surface area (Å²) in [6.07, 6.45) is 0.693. The monoisotopic (exact) mass is 233 g/mol. The molecule has 0 fully saturated rings. The Kier molecular flexibility index (Phi) is 3.13. The first kappa shape index (κ1) is 11.6. The molecule has 17 heavy (non-hydrogen) atoms. The highest BCUT2D eigenvalue weighted by molar-refractivity contribution is 5.76. The van der Waals surface area contributed by atoms with E-state index in [9.17, 15) is 4.79 Å². The molecule has 0 amide bonds. The lowest BCUT2D eigenvalue weighted by molar-refractivity contribution is -0.137. The van der Waals surface area contributed by atoms with E-state index in [0.717, 1.165) is 16.7 Å². The van der Waals surface area contributed by atoms with Gasteiger partial charge in [0.25, 0.3) is 0 Å². The summed E-state index contributed by atoms with van der Waals surface area (Å²) in [5, 5.41) is 8.69. The highest BCUT2D eigenvalue weighted by atomic mass is 16.4. The van der Waals surface area contributed by atoms with Gasteiger partial charge >= 0.3 is 5.97 Å². The molecule has 1 unspecified atom stereocenters. The first-order chi connectivity index (χ1) is 8.06. The lowest BCUT2D eigenvalue weighted by Gasteiger charge is -2.03. The van der Waals surface area contributed by atoms with E-state index in [0.29, 0.717) is 12.3 Å². The number of aryl methyl sites for hydroxylation is 1. The van der Waals surface area contributed by atoms with Crippen molar-refractivity contribution in [1.29, 1.82) is 0 Å². The minimum Gasteiger partial charge on any atom is -0.481 e. The molecular formula is C13H15NO3. The van der Waals surface area contributed by atoms with Gasteiger partial charge in [0.05, 0.1) is 0 Å². The zero-order valence-corrected chi connectivity index (χ0v) is 9.93. The van der Waals surface area contributed by atoms with Gasteiger partial charge in [0, 0.05) is 12.8 Å². The summed E-state index contributed by atoms with van der Waals surface area (Å²) in [4.78, 5) is 15.0. The Labute approximate surface area is 99.3 Å². The van der Waals surface area contributed by atoms with E-state index in [1.165, 1.54) is 0 Å². The maximum Gasteiger partial charge on any atom is 0.303 e. The molecule has 0 saturated heterocycles. The average Bonchev–Trinajstić information content (AvgIpc) is 2.60. The summed E-state index contributed by atoms with van der Waals surface area (Å²) in [6, 6.07) is 5.78. The fraction of sp³-hybridized carbons (Fsp3) is 0.385. The highest BCUT2D eigenvalue weighted by Crippen LogP contribution is 2.21. The number of carbonyl (C=O) groups is 1. The van der Waals surface area contributed by atoms with Gasteiger partial charge in [-0.1, -0.05) is 19.1 Å². The summed E-state index contributed by atoms with van der Waals surface area (Å²) in [5.41, 5.74) is 2.70. The maximum atomic E-state index is 10.6. The number of aliphatic carboxylic acids is 1. The molecule has 0 aliphatic heterocycles. The van der Waals surface area contributed by atoms with Crippen molar-refractivity contribution in [3.05, 3.63) is 29.7 Å². The van der Waals surface area contributed by atoms with Crippen LogP contribution in [-0.2, 0) is 11.2 Å². The van der Waals surface area contributed by atoms with E-state index in [2.05, 4.69) is 4.98 Å². The molecule has 1 atom stereocenters. The van der Waals surface area contributed by atoms with Crippen LogP contribution in [0.15, 0.2) is 22.6 Å². The second-order valence-electron chi connectivity index (χ2n) is 4.44. The Morgan fingerprint density at radius 2 is 2.29 bits per heavy atom. The van der Waals surface area contributed by atoms with Crippen LogP contribution >= 0.6 is 0 Å². The van der Waals surface area contributed by atoms with Crippen LogP contribution in [0.1, 0.15) is 24.8 Å². The second kappa shape index (κ2) is 4.57. The average molecular weight is 233 g/mol. The van der Waals surface area contributed by atoms with E-state index < -0.39 is 5.97 Å². The predicted octanol–water partition coefficient (Wildman–Crippen LogP) is 2.79. The Morgan fingerprint density at radius 1 is 1.53 bits per heavy atom. The molecular weight excluding hydrogens is 218 g/mol. The van der Waals surface area contributed by atoms with Crippen molar-refractivity contribution in [3.63, 3.8) is 0 Å². The Hall–Kier alpha value is -1.84. The lowest BCUT2D eigenvalue weighted by Crippen LogP contribution is -2.07. The van der Waals surface area contributed by atoms with E-state index in [1.54, 1.807) is 0 Å². The van der Waals surface area contributed by atoms with Crippen molar-refractivity contribution in [3.8, 4) is 0 Å². The second-order valence-corrected chi connectivity index (χ2v) is 4.44. The third-order valence-electron chi connectivity index (χ3n) is 2.71. The van der Waals surface area contributed by atoms with E-state index in [4.69, 9.17) is 9.52 Å². The molecule has 0 radical (unpaired) electrons. The zero-order valence-electron chi connectivity index (χ0n) is 9.93. The molecule has 1 aromatic carbocycles. The van der Waals surface area contributed by atoms with Crippen LogP contribution in [-0.4, -0.2) is 16.1 Å². The number of carboxylic acid groups (broad SMARTS) is 1. The largest absolute Gasteiger partial charge is 0.481 e. The van der Waals surface area contributed by atoms with Gasteiger partial charge in [-0.05, 0) is 24.5 Å². The summed E-state index contributed by atoms with van der Waals surface area (Å²) in [6.45, 7) is 3.87. The lowest BCUT2D eigenvalue weighted by atomic mass is 10.0. The smallest absolute Gasteiger partial charge is 0.303 e. The van der Waals surface area contributed by atoms with Crippen molar-refractivity contribution in [2.45, 2.75) is 26.7 Å². The molecule has 1 aromatic heterocycles. The van der Waals surface area contributed by atoms with Crippen LogP contribution in [0.4, 0.5) is 0 Å². The van der Waals surface area contributed by atoms with E-state index >= 15 is 0 Å². The topological polar surface area (TPSA) is 63.3 Å². The molecule has 0 aliphatic rings. The molecule has 4 nitrogen and oxygen atoms in total. The molecule has 0 spiro atoms. The molecule has 0 aliphatic carbocycles. The summed E-state index contributed by atoms with van der Waals surface area (Å²) in [7, 11) is 0. The minimum atomic E-state index is -0.787. The number of carboxylic acids is 1. The Morgan fingerprint density at radius 3 is 2.94 bits per heavy atom. The van der Waals surface area contributed by atoms with Crippen LogP contribution in [0, 0.1) is 12.8 Å². The molecule has 0 saturated carbocycles. The van der Waals surface area contributed by atoms with Gasteiger partial charge in [-0.15, -0.1) is 0 Å². The molecule has 0 bridgehead atoms. The number of rotatable bonds is 4. The number of para-hydroxylation sites is 1. The minimum absolute atomic E-state index is 0.0286. The molecule has 4 heteroatoms. The number of hydrogen-bond acceptors (Lipinski definition) is 3. The number of nitrogens with zero attached hydrogens (tertiary/aromatic N) is 1. The molecule has 1 heterocycles. The van der Waals surface area contributed by atoms with Crippen molar-refractivity contribution in [2.75, 3.05) is 0 Å². The van der Waals surface area contributed by atoms with Crippen LogP contribution < -0.4 is 0 Å². The van der Waals surface area contributed by atoms with Crippen LogP contribution in [0.2, 0.25) is 0 Å². The fourth-order valence-corrected chi connectivity index (χ4v) is 1.89. The summed E-state index contributed by atoms with van der Waals surface area (Å²) >= 11 is 0. The van der Waals surface area contributed by atoms with E-state index in [-0.39, 0.29) is 12.3 Å². The van der Waals surface area contributed by atoms with Crippen molar-refractivity contribution < 1.29 is 14.3 Å². The predicted molar refractivity (Wildman–Crippen MR) is 63.9 cm³/mol. The Balaban J connectivity index is 2.20. The number of hydrogen-bond donors (Lipinski definition) is 1. The summed E-state index contributed by atoms with van der Waals surface area (Å²) in [5.74, 6) is -0.145. The van der Waals surface area contributed by atoms with Gasteiger partial charge in [-0.2, -0.15) is 0 Å². The summed E-state index contributed by atoms with van der Waals surface area (Å²) < 4.78 is 5.60. The number of benzene rings is 1. The number of fused-ring (bicyclic) bond motifs is 1. The van der Waals surface area contributed by atoms with Gasteiger partial charge in [-0.3, -0.25) is 4.79 Å². The standard InChI is InChI=1S/C13H15NO3/c1-8(7-12(15)16)6-11-14-13-9(2)4-3-5-10(13)17-11/h3-5,8H,6-7H2,1-2H3,(H,15,16). The van der Waals surface area contributed by atoms with Crippen molar-refractivity contribution in [2.24, 2.45) is 5.92 Å². The third-order valence-corrected chi connectivity index (χ3v) is 2.71. The quantitative estimate of drug-likeness (QED) is 0.881. The van der Waals surface area contributed by atoms with Crippen LogP contribution in [0.5, 0.6) is 0 Å².